The van der Waals surface area contributed by atoms with E-state index in [2.05, 4.69) is 20.5 Å². The number of hydrogen-bond donors (Lipinski definition) is 1. The van der Waals surface area contributed by atoms with Crippen molar-refractivity contribution in [1.82, 2.24) is 19.7 Å². The van der Waals surface area contributed by atoms with Crippen LogP contribution < -0.4 is 5.32 Å². The molecule has 0 saturated heterocycles. The van der Waals surface area contributed by atoms with Crippen molar-refractivity contribution in [2.75, 3.05) is 5.32 Å². The average Bonchev–Trinajstić information content (AvgIpc) is 3.08. The normalized spacial score (nSPS) is 10.6. The van der Waals surface area contributed by atoms with Crippen LogP contribution in [0.2, 0.25) is 0 Å². The van der Waals surface area contributed by atoms with Gasteiger partial charge >= 0.3 is 0 Å². The number of rotatable bonds is 4. The minimum absolute atomic E-state index is 0.707. The predicted octanol–water partition coefficient (Wildman–Crippen LogP) is 2.55. The van der Waals surface area contributed by atoms with Crippen LogP contribution in [0.5, 0.6) is 0 Å². The van der Waals surface area contributed by atoms with Gasteiger partial charge < -0.3 is 9.88 Å². The molecule has 0 aliphatic rings. The van der Waals surface area contributed by atoms with E-state index in [-0.39, 0.29) is 0 Å². The Labute approximate surface area is 115 Å². The summed E-state index contributed by atoms with van der Waals surface area (Å²) in [6.07, 6.45) is 1.70. The van der Waals surface area contributed by atoms with Crippen LogP contribution in [0.1, 0.15) is 5.69 Å². The molecule has 1 N–H and O–H groups in total. The van der Waals surface area contributed by atoms with Crippen LogP contribution in [0.15, 0.2) is 41.5 Å². The molecule has 0 atom stereocenters. The lowest BCUT2D eigenvalue weighted by atomic mass is 10.1. The molecule has 0 aliphatic heterocycles. The number of benzene rings is 1. The van der Waals surface area contributed by atoms with E-state index in [9.17, 15) is 0 Å². The van der Waals surface area contributed by atoms with E-state index in [0.717, 1.165) is 22.8 Å². The topological polar surface area (TPSA) is 55.6 Å². The molecular formula is C13H13N5S. The smallest absolute Gasteiger partial charge is 0.165 e. The van der Waals surface area contributed by atoms with E-state index >= 15 is 0 Å². The summed E-state index contributed by atoms with van der Waals surface area (Å²) >= 11 is 1.60. The summed E-state index contributed by atoms with van der Waals surface area (Å²) in [5.41, 5.74) is 4.95. The Hall–Kier alpha value is -2.21. The summed E-state index contributed by atoms with van der Waals surface area (Å²) in [7, 11) is 1.94. The highest BCUT2D eigenvalue weighted by atomic mass is 32.1. The number of nitrogens with one attached hydrogen (secondary N) is 1. The highest BCUT2D eigenvalue weighted by Gasteiger charge is 2.09. The molecule has 2 heterocycles. The summed E-state index contributed by atoms with van der Waals surface area (Å²) < 4.78 is 1.91. The fourth-order valence-electron chi connectivity index (χ4n) is 1.87. The zero-order chi connectivity index (χ0) is 13.1. The molecule has 3 rings (SSSR count). The molecule has 2 aromatic heterocycles. The molecule has 1 aromatic carbocycles. The van der Waals surface area contributed by atoms with Gasteiger partial charge in [0.05, 0.1) is 17.7 Å². The summed E-state index contributed by atoms with van der Waals surface area (Å²) in [5, 5.41) is 13.5. The number of anilines is 1. The van der Waals surface area contributed by atoms with Gasteiger partial charge in [-0.05, 0) is 12.1 Å². The van der Waals surface area contributed by atoms with Gasteiger partial charge in [-0.3, -0.25) is 0 Å². The van der Waals surface area contributed by atoms with Crippen molar-refractivity contribution >= 4 is 17.0 Å². The van der Waals surface area contributed by atoms with Gasteiger partial charge in [-0.15, -0.1) is 21.5 Å². The van der Waals surface area contributed by atoms with Crippen LogP contribution in [-0.4, -0.2) is 19.7 Å². The lowest BCUT2D eigenvalue weighted by Crippen LogP contribution is -2.02. The van der Waals surface area contributed by atoms with Crippen molar-refractivity contribution in [2.45, 2.75) is 6.54 Å². The lowest BCUT2D eigenvalue weighted by Gasteiger charge is -2.10. The second-order valence-corrected chi connectivity index (χ2v) is 4.86. The van der Waals surface area contributed by atoms with Crippen molar-refractivity contribution in [2.24, 2.45) is 7.05 Å². The maximum absolute atomic E-state index is 4.26. The highest BCUT2D eigenvalue weighted by molar-refractivity contribution is 7.07. The second kappa shape index (κ2) is 5.19. The van der Waals surface area contributed by atoms with Gasteiger partial charge in [0.1, 0.15) is 6.33 Å². The first-order chi connectivity index (χ1) is 9.34. The lowest BCUT2D eigenvalue weighted by molar-refractivity contribution is 0.919. The fourth-order valence-corrected chi connectivity index (χ4v) is 2.43. The third kappa shape index (κ3) is 2.48. The minimum atomic E-state index is 0.707. The van der Waals surface area contributed by atoms with Crippen molar-refractivity contribution < 1.29 is 0 Å². The first-order valence-corrected chi connectivity index (χ1v) is 6.83. The Kier molecular flexibility index (Phi) is 3.24. The molecule has 0 aliphatic carbocycles. The van der Waals surface area contributed by atoms with E-state index in [4.69, 9.17) is 0 Å². The molecule has 3 aromatic rings. The molecule has 5 nitrogen and oxygen atoms in total. The molecular weight excluding hydrogens is 258 g/mol. The van der Waals surface area contributed by atoms with Crippen LogP contribution in [-0.2, 0) is 13.6 Å². The Morgan fingerprint density at radius 1 is 1.32 bits per heavy atom. The number of aryl methyl sites for hydroxylation is 1. The van der Waals surface area contributed by atoms with Crippen molar-refractivity contribution in [3.63, 3.8) is 0 Å². The molecule has 0 spiro atoms. The van der Waals surface area contributed by atoms with E-state index in [1.807, 2.05) is 46.8 Å². The zero-order valence-electron chi connectivity index (χ0n) is 10.4. The van der Waals surface area contributed by atoms with Gasteiger partial charge in [0, 0.05) is 23.7 Å². The predicted molar refractivity (Wildman–Crippen MR) is 75.9 cm³/mol. The van der Waals surface area contributed by atoms with Gasteiger partial charge in [-0.25, -0.2) is 4.98 Å². The third-order valence-corrected chi connectivity index (χ3v) is 3.46. The first kappa shape index (κ1) is 11.9. The molecule has 0 radical (unpaired) electrons. The van der Waals surface area contributed by atoms with Crippen LogP contribution in [0.25, 0.3) is 11.4 Å². The summed E-state index contributed by atoms with van der Waals surface area (Å²) in [5.74, 6) is 0.848. The molecule has 0 bridgehead atoms. The maximum Gasteiger partial charge on any atom is 0.165 e. The van der Waals surface area contributed by atoms with Crippen LogP contribution >= 0.6 is 11.3 Å². The van der Waals surface area contributed by atoms with E-state index in [1.54, 1.807) is 17.7 Å². The molecule has 0 unspecified atom stereocenters. The largest absolute Gasteiger partial charge is 0.379 e. The Morgan fingerprint density at radius 2 is 2.21 bits per heavy atom. The van der Waals surface area contributed by atoms with E-state index in [0.29, 0.717) is 6.54 Å². The number of nitrogens with zero attached hydrogens (tertiary/aromatic N) is 4. The average molecular weight is 271 g/mol. The third-order valence-electron chi connectivity index (χ3n) is 2.82. The SMILES string of the molecule is Cn1cnnc1-c1ccccc1NCc1cscn1. The standard InChI is InChI=1S/C13H13N5S/c1-18-8-16-17-13(18)11-4-2-3-5-12(11)14-6-10-7-19-9-15-10/h2-5,7-9,14H,6H2,1H3. The Morgan fingerprint density at radius 3 is 2.95 bits per heavy atom. The maximum atomic E-state index is 4.26. The van der Waals surface area contributed by atoms with E-state index in [1.165, 1.54) is 0 Å². The number of para-hydroxylation sites is 1. The van der Waals surface area contributed by atoms with Gasteiger partial charge in [0.25, 0.3) is 0 Å². The second-order valence-electron chi connectivity index (χ2n) is 4.14. The fraction of sp³-hybridized carbons (Fsp3) is 0.154. The quantitative estimate of drug-likeness (QED) is 0.792. The minimum Gasteiger partial charge on any atom is -0.379 e. The number of thiazole rings is 1. The summed E-state index contributed by atoms with van der Waals surface area (Å²) in [6.45, 7) is 0.707. The summed E-state index contributed by atoms with van der Waals surface area (Å²) in [4.78, 5) is 4.26. The number of hydrogen-bond acceptors (Lipinski definition) is 5. The van der Waals surface area contributed by atoms with Crippen LogP contribution in [0.3, 0.4) is 0 Å². The van der Waals surface area contributed by atoms with Gasteiger partial charge in [0.2, 0.25) is 0 Å². The van der Waals surface area contributed by atoms with Gasteiger partial charge in [0.15, 0.2) is 5.82 Å². The highest BCUT2D eigenvalue weighted by Crippen LogP contribution is 2.25. The first-order valence-electron chi connectivity index (χ1n) is 5.89. The molecule has 0 saturated carbocycles. The molecule has 19 heavy (non-hydrogen) atoms. The zero-order valence-corrected chi connectivity index (χ0v) is 11.3. The van der Waals surface area contributed by atoms with Gasteiger partial charge in [-0.2, -0.15) is 0 Å². The molecule has 0 amide bonds. The van der Waals surface area contributed by atoms with Gasteiger partial charge in [-0.1, -0.05) is 12.1 Å². The summed E-state index contributed by atoms with van der Waals surface area (Å²) in [6, 6.07) is 8.07. The van der Waals surface area contributed by atoms with Crippen molar-refractivity contribution in [3.05, 3.63) is 47.2 Å². The monoisotopic (exact) mass is 271 g/mol. The molecule has 0 fully saturated rings. The van der Waals surface area contributed by atoms with Crippen LogP contribution in [0, 0.1) is 0 Å². The molecule has 96 valence electrons. The van der Waals surface area contributed by atoms with Crippen LogP contribution in [0.4, 0.5) is 5.69 Å². The number of aromatic nitrogens is 4. The Balaban J connectivity index is 1.88. The van der Waals surface area contributed by atoms with Crippen molar-refractivity contribution in [3.8, 4) is 11.4 Å². The van der Waals surface area contributed by atoms with Crippen molar-refractivity contribution in [1.29, 1.82) is 0 Å². The molecule has 6 heteroatoms. The van der Waals surface area contributed by atoms with E-state index < -0.39 is 0 Å². The Bertz CT molecular complexity index is 659.